The standard InChI is InChI=1S/C15H21N5O3/c1-22-12-5-10-11(6-13(12)23-2)18-15(19-14(10)16)20-4-3-17-7-9(21)8-20/h5-6,9,17,21H,3-4,7-8H2,1-2H3,(H2,16,18,19). The van der Waals surface area contributed by atoms with E-state index in [1.807, 2.05) is 4.90 Å². The van der Waals surface area contributed by atoms with Crippen LogP contribution in [0.15, 0.2) is 12.1 Å². The van der Waals surface area contributed by atoms with E-state index in [4.69, 9.17) is 15.2 Å². The van der Waals surface area contributed by atoms with Crippen LogP contribution < -0.4 is 25.4 Å². The predicted octanol–water partition coefficient (Wildman–Crippen LogP) is -0.000300. The van der Waals surface area contributed by atoms with Crippen molar-refractivity contribution in [1.29, 1.82) is 0 Å². The monoisotopic (exact) mass is 319 g/mol. The molecule has 8 nitrogen and oxygen atoms in total. The average molecular weight is 319 g/mol. The lowest BCUT2D eigenvalue weighted by Crippen LogP contribution is -2.34. The maximum absolute atomic E-state index is 9.93. The minimum absolute atomic E-state index is 0.373. The molecule has 23 heavy (non-hydrogen) atoms. The number of nitrogen functional groups attached to an aromatic ring is 1. The minimum Gasteiger partial charge on any atom is -0.493 e. The number of methoxy groups -OCH3 is 2. The number of benzene rings is 1. The van der Waals surface area contributed by atoms with E-state index in [0.29, 0.717) is 53.8 Å². The van der Waals surface area contributed by atoms with Gasteiger partial charge in [-0.05, 0) is 6.07 Å². The van der Waals surface area contributed by atoms with E-state index in [9.17, 15) is 5.11 Å². The second-order valence-electron chi connectivity index (χ2n) is 5.44. The van der Waals surface area contributed by atoms with E-state index in [1.54, 1.807) is 26.4 Å². The number of aliphatic hydroxyl groups excluding tert-OH is 1. The first kappa shape index (κ1) is 15.6. The molecule has 1 unspecified atom stereocenters. The van der Waals surface area contributed by atoms with E-state index < -0.39 is 6.10 Å². The van der Waals surface area contributed by atoms with E-state index in [0.717, 1.165) is 6.54 Å². The Kier molecular flexibility index (Phi) is 4.35. The molecule has 1 aliphatic heterocycles. The highest BCUT2D eigenvalue weighted by molar-refractivity contribution is 5.91. The number of fused-ring (bicyclic) bond motifs is 1. The van der Waals surface area contributed by atoms with Crippen LogP contribution in [0.2, 0.25) is 0 Å². The fraction of sp³-hybridized carbons (Fsp3) is 0.467. The first-order valence-electron chi connectivity index (χ1n) is 7.45. The number of β-amino-alcohol motifs (C(OH)–C–C–N with tert-alkyl or cyclic N) is 1. The van der Waals surface area contributed by atoms with Crippen LogP contribution in [-0.2, 0) is 0 Å². The maximum atomic E-state index is 9.93. The molecule has 1 atom stereocenters. The smallest absolute Gasteiger partial charge is 0.228 e. The largest absolute Gasteiger partial charge is 0.493 e. The zero-order chi connectivity index (χ0) is 16.4. The molecule has 3 rings (SSSR count). The molecule has 8 heteroatoms. The number of nitrogens with two attached hydrogens (primary N) is 1. The van der Waals surface area contributed by atoms with Gasteiger partial charge in [0.25, 0.3) is 0 Å². The van der Waals surface area contributed by atoms with E-state index in [2.05, 4.69) is 15.3 Å². The van der Waals surface area contributed by atoms with Crippen molar-refractivity contribution in [3.05, 3.63) is 12.1 Å². The summed E-state index contributed by atoms with van der Waals surface area (Å²) in [6.45, 7) is 2.48. The second kappa shape index (κ2) is 6.43. The molecule has 1 aliphatic rings. The van der Waals surface area contributed by atoms with Gasteiger partial charge < -0.3 is 30.5 Å². The Balaban J connectivity index is 2.05. The van der Waals surface area contributed by atoms with E-state index in [-0.39, 0.29) is 0 Å². The van der Waals surface area contributed by atoms with Crippen molar-refractivity contribution < 1.29 is 14.6 Å². The molecule has 1 aromatic carbocycles. The number of hydrogen-bond acceptors (Lipinski definition) is 8. The van der Waals surface area contributed by atoms with Gasteiger partial charge in [0.1, 0.15) is 5.82 Å². The summed E-state index contributed by atoms with van der Waals surface area (Å²) >= 11 is 0. The molecular weight excluding hydrogens is 298 g/mol. The van der Waals surface area contributed by atoms with Crippen LogP contribution in [0.5, 0.6) is 11.5 Å². The van der Waals surface area contributed by atoms with Gasteiger partial charge in [-0.25, -0.2) is 4.98 Å². The molecule has 0 bridgehead atoms. The Morgan fingerprint density at radius 2 is 2.00 bits per heavy atom. The van der Waals surface area contributed by atoms with Gasteiger partial charge in [0.05, 0.1) is 25.8 Å². The predicted molar refractivity (Wildman–Crippen MR) is 88.1 cm³/mol. The molecule has 4 N–H and O–H groups in total. The van der Waals surface area contributed by atoms with Crippen molar-refractivity contribution in [2.75, 3.05) is 51.0 Å². The Morgan fingerprint density at radius 3 is 2.74 bits per heavy atom. The quantitative estimate of drug-likeness (QED) is 0.726. The SMILES string of the molecule is COc1cc2nc(N3CCNCC(O)C3)nc(N)c2cc1OC. The van der Waals surface area contributed by atoms with E-state index in [1.165, 1.54) is 0 Å². The highest BCUT2D eigenvalue weighted by Crippen LogP contribution is 2.34. The molecule has 0 radical (unpaired) electrons. The molecule has 124 valence electrons. The first-order valence-corrected chi connectivity index (χ1v) is 7.45. The van der Waals surface area contributed by atoms with Crippen LogP contribution in [0.4, 0.5) is 11.8 Å². The van der Waals surface area contributed by atoms with Crippen molar-refractivity contribution in [1.82, 2.24) is 15.3 Å². The van der Waals surface area contributed by atoms with Crippen molar-refractivity contribution in [2.24, 2.45) is 0 Å². The Labute approximate surface area is 134 Å². The summed E-state index contributed by atoms with van der Waals surface area (Å²) in [5.41, 5.74) is 6.78. The average Bonchev–Trinajstić information content (AvgIpc) is 2.78. The fourth-order valence-electron chi connectivity index (χ4n) is 2.68. The summed E-state index contributed by atoms with van der Waals surface area (Å²) in [5.74, 6) is 2.04. The molecule has 1 saturated heterocycles. The van der Waals surface area contributed by atoms with Gasteiger partial charge >= 0.3 is 0 Å². The third kappa shape index (κ3) is 3.08. The van der Waals surface area contributed by atoms with Crippen LogP contribution in [0.1, 0.15) is 0 Å². The van der Waals surface area contributed by atoms with Crippen LogP contribution in [-0.4, -0.2) is 61.6 Å². The van der Waals surface area contributed by atoms with Crippen LogP contribution in [0.3, 0.4) is 0 Å². The minimum atomic E-state index is -0.469. The third-order valence-corrected chi connectivity index (χ3v) is 3.87. The number of aliphatic hydroxyl groups is 1. The van der Waals surface area contributed by atoms with Gasteiger partial charge in [-0.3, -0.25) is 0 Å². The highest BCUT2D eigenvalue weighted by Gasteiger charge is 2.20. The van der Waals surface area contributed by atoms with Gasteiger partial charge in [0.2, 0.25) is 5.95 Å². The van der Waals surface area contributed by atoms with Gasteiger partial charge in [-0.15, -0.1) is 0 Å². The Hall–Kier alpha value is -2.32. The Morgan fingerprint density at radius 1 is 1.26 bits per heavy atom. The second-order valence-corrected chi connectivity index (χ2v) is 5.44. The summed E-state index contributed by atoms with van der Waals surface area (Å²) in [4.78, 5) is 10.9. The lowest BCUT2D eigenvalue weighted by atomic mass is 10.2. The third-order valence-electron chi connectivity index (χ3n) is 3.87. The summed E-state index contributed by atoms with van der Waals surface area (Å²) in [7, 11) is 3.15. The van der Waals surface area contributed by atoms with Gasteiger partial charge in [-0.1, -0.05) is 0 Å². The van der Waals surface area contributed by atoms with Crippen molar-refractivity contribution in [3.8, 4) is 11.5 Å². The molecule has 0 saturated carbocycles. The zero-order valence-electron chi connectivity index (χ0n) is 13.2. The van der Waals surface area contributed by atoms with Gasteiger partial charge in [0, 0.05) is 37.6 Å². The van der Waals surface area contributed by atoms with Crippen molar-refractivity contribution >= 4 is 22.7 Å². The van der Waals surface area contributed by atoms with Crippen molar-refractivity contribution in [2.45, 2.75) is 6.10 Å². The normalized spacial score (nSPS) is 18.7. The molecule has 2 heterocycles. The van der Waals surface area contributed by atoms with Crippen molar-refractivity contribution in [3.63, 3.8) is 0 Å². The number of aromatic nitrogens is 2. The molecule has 1 aromatic heterocycles. The van der Waals surface area contributed by atoms with Crippen LogP contribution >= 0.6 is 0 Å². The van der Waals surface area contributed by atoms with Crippen LogP contribution in [0, 0.1) is 0 Å². The molecule has 1 fully saturated rings. The number of nitrogens with zero attached hydrogens (tertiary/aromatic N) is 3. The van der Waals surface area contributed by atoms with Crippen LogP contribution in [0.25, 0.3) is 10.9 Å². The highest BCUT2D eigenvalue weighted by atomic mass is 16.5. The Bertz CT molecular complexity index is 709. The number of nitrogens with one attached hydrogen (secondary N) is 1. The van der Waals surface area contributed by atoms with E-state index >= 15 is 0 Å². The summed E-state index contributed by atoms with van der Waals surface area (Å²) in [6.07, 6.45) is -0.469. The number of rotatable bonds is 3. The summed E-state index contributed by atoms with van der Waals surface area (Å²) in [6, 6.07) is 3.55. The number of ether oxygens (including phenoxy) is 2. The molecular formula is C15H21N5O3. The first-order chi connectivity index (χ1) is 11.1. The topological polar surface area (TPSA) is 106 Å². The number of hydrogen-bond donors (Lipinski definition) is 3. The van der Waals surface area contributed by atoms with Gasteiger partial charge in [-0.2, -0.15) is 4.98 Å². The number of anilines is 2. The molecule has 0 amide bonds. The zero-order valence-corrected chi connectivity index (χ0v) is 13.2. The lowest BCUT2D eigenvalue weighted by Gasteiger charge is -2.22. The van der Waals surface area contributed by atoms with Gasteiger partial charge in [0.15, 0.2) is 11.5 Å². The lowest BCUT2D eigenvalue weighted by molar-refractivity contribution is 0.184. The molecule has 0 aliphatic carbocycles. The summed E-state index contributed by atoms with van der Waals surface area (Å²) in [5, 5.41) is 13.8. The maximum Gasteiger partial charge on any atom is 0.228 e. The fourth-order valence-corrected chi connectivity index (χ4v) is 2.68. The summed E-state index contributed by atoms with van der Waals surface area (Å²) < 4.78 is 10.6. The molecule has 0 spiro atoms. The molecule has 2 aromatic rings.